The van der Waals surface area contributed by atoms with Gasteiger partial charge < -0.3 is 29.2 Å². The molecule has 0 saturated heterocycles. The second-order valence-corrected chi connectivity index (χ2v) is 14.3. The van der Waals surface area contributed by atoms with Gasteiger partial charge in [-0.1, -0.05) is 52.5 Å². The summed E-state index contributed by atoms with van der Waals surface area (Å²) < 4.78 is 14.9. The monoisotopic (exact) mass is 850 g/mol. The van der Waals surface area contributed by atoms with Crippen LogP contribution in [0.1, 0.15) is 11.4 Å². The third-order valence-corrected chi connectivity index (χ3v) is 9.89. The van der Waals surface area contributed by atoms with E-state index in [0.717, 1.165) is 51.0 Å². The van der Waals surface area contributed by atoms with Crippen molar-refractivity contribution in [3.63, 3.8) is 0 Å². The standard InChI is InChI=1S/2C21H17Cl2N5O/c1-13-11-28(12-25-13)19-6-4-15(10-20(19)29-2)26-21-24-8-7-18(27-21)16-9-14(22)3-5-17(16)23;1-13-11-28(12-25-13)19-6-4-15(10-20(19)29-2)26-21-24-8-7-18(27-21)14-3-5-16(22)17(23)9-14/h2*3-12H,1-2H3,(H,24,26,27). The van der Waals surface area contributed by atoms with Crippen molar-refractivity contribution in [2.24, 2.45) is 0 Å². The number of ether oxygens (including phenoxy) is 2. The number of aromatic nitrogens is 8. The Morgan fingerprint density at radius 1 is 0.534 bits per heavy atom. The number of nitrogens with zero attached hydrogens (tertiary/aromatic N) is 8. The topological polar surface area (TPSA) is 130 Å². The minimum absolute atomic E-state index is 0.437. The molecule has 292 valence electrons. The van der Waals surface area contributed by atoms with Crippen LogP contribution in [0.5, 0.6) is 11.5 Å². The second-order valence-electron chi connectivity index (χ2n) is 12.7. The smallest absolute Gasteiger partial charge is 0.227 e. The van der Waals surface area contributed by atoms with E-state index in [2.05, 4.69) is 40.5 Å². The van der Waals surface area contributed by atoms with E-state index in [1.54, 1.807) is 75.7 Å². The number of imidazole rings is 2. The van der Waals surface area contributed by atoms with E-state index in [-0.39, 0.29) is 0 Å². The fraction of sp³-hybridized carbons (Fsp3) is 0.0952. The maximum absolute atomic E-state index is 6.30. The van der Waals surface area contributed by atoms with Gasteiger partial charge in [0.2, 0.25) is 11.9 Å². The van der Waals surface area contributed by atoms with Crippen LogP contribution in [-0.2, 0) is 0 Å². The molecular formula is C42H34Cl4N10O2. The molecule has 4 heterocycles. The molecule has 0 unspecified atom stereocenters. The molecule has 0 bridgehead atoms. The molecule has 0 saturated carbocycles. The molecule has 16 heteroatoms. The Hall–Kier alpha value is -6.18. The molecular weight excluding hydrogens is 818 g/mol. The zero-order valence-corrected chi connectivity index (χ0v) is 34.5. The van der Waals surface area contributed by atoms with E-state index in [0.29, 0.717) is 49.2 Å². The first kappa shape index (κ1) is 40.0. The SMILES string of the molecule is COc1cc(Nc2nccc(-c3cc(Cl)ccc3Cl)n2)ccc1-n1cnc(C)c1.COc1cc(Nc2nccc(-c3ccc(Cl)c(Cl)c3)n2)ccc1-n1cnc(C)c1. The fourth-order valence-corrected chi connectivity index (χ4v) is 6.48. The van der Waals surface area contributed by atoms with Gasteiger partial charge in [0.15, 0.2) is 0 Å². The van der Waals surface area contributed by atoms with E-state index >= 15 is 0 Å². The summed E-state index contributed by atoms with van der Waals surface area (Å²) in [6, 6.07) is 25.8. The van der Waals surface area contributed by atoms with Crippen LogP contribution in [-0.4, -0.2) is 53.3 Å². The molecule has 0 aliphatic rings. The summed E-state index contributed by atoms with van der Waals surface area (Å²) in [5, 5.41) is 8.56. The first-order chi connectivity index (χ1) is 28.1. The summed E-state index contributed by atoms with van der Waals surface area (Å²) in [5.41, 5.74) is 8.24. The van der Waals surface area contributed by atoms with Gasteiger partial charge in [-0.05, 0) is 80.6 Å². The van der Waals surface area contributed by atoms with Gasteiger partial charge in [0.25, 0.3) is 0 Å². The van der Waals surface area contributed by atoms with Crippen LogP contribution in [0.2, 0.25) is 20.1 Å². The summed E-state index contributed by atoms with van der Waals surface area (Å²) in [6.07, 6.45) is 10.7. The molecule has 2 N–H and O–H groups in total. The van der Waals surface area contributed by atoms with Gasteiger partial charge in [-0.15, -0.1) is 0 Å². The maximum atomic E-state index is 6.30. The summed E-state index contributed by atoms with van der Waals surface area (Å²) in [5.74, 6) is 2.29. The number of hydrogen-bond donors (Lipinski definition) is 2. The number of benzene rings is 4. The highest BCUT2D eigenvalue weighted by Crippen LogP contribution is 2.33. The maximum Gasteiger partial charge on any atom is 0.227 e. The highest BCUT2D eigenvalue weighted by molar-refractivity contribution is 6.42. The van der Waals surface area contributed by atoms with Gasteiger partial charge in [-0.2, -0.15) is 0 Å². The minimum Gasteiger partial charge on any atom is -0.494 e. The second kappa shape index (κ2) is 18.0. The molecule has 0 fully saturated rings. The van der Waals surface area contributed by atoms with Crippen LogP contribution in [0.4, 0.5) is 23.3 Å². The lowest BCUT2D eigenvalue weighted by molar-refractivity contribution is 0.413. The number of nitrogens with one attached hydrogen (secondary N) is 2. The van der Waals surface area contributed by atoms with Crippen LogP contribution in [0.25, 0.3) is 33.9 Å². The van der Waals surface area contributed by atoms with Crippen molar-refractivity contribution in [2.75, 3.05) is 24.9 Å². The molecule has 8 aromatic rings. The highest BCUT2D eigenvalue weighted by Gasteiger charge is 2.12. The van der Waals surface area contributed by atoms with Gasteiger partial charge in [0.1, 0.15) is 11.5 Å². The van der Waals surface area contributed by atoms with Crippen molar-refractivity contribution in [3.8, 4) is 45.4 Å². The predicted molar refractivity (Wildman–Crippen MR) is 231 cm³/mol. The van der Waals surface area contributed by atoms with Crippen molar-refractivity contribution >= 4 is 69.7 Å². The number of methoxy groups -OCH3 is 2. The van der Waals surface area contributed by atoms with Crippen LogP contribution in [0.15, 0.2) is 122 Å². The lowest BCUT2D eigenvalue weighted by atomic mass is 10.1. The Morgan fingerprint density at radius 3 is 1.59 bits per heavy atom. The zero-order valence-electron chi connectivity index (χ0n) is 31.5. The number of halogens is 4. The number of aryl methyl sites for hydroxylation is 2. The van der Waals surface area contributed by atoms with Crippen molar-refractivity contribution in [3.05, 3.63) is 154 Å². The molecule has 0 atom stereocenters. The summed E-state index contributed by atoms with van der Waals surface area (Å²) >= 11 is 24.5. The van der Waals surface area contributed by atoms with Gasteiger partial charge >= 0.3 is 0 Å². The average Bonchev–Trinajstić information content (AvgIpc) is 3.87. The molecule has 12 nitrogen and oxygen atoms in total. The molecule has 4 aromatic carbocycles. The van der Waals surface area contributed by atoms with Crippen molar-refractivity contribution < 1.29 is 9.47 Å². The average molecular weight is 853 g/mol. The summed E-state index contributed by atoms with van der Waals surface area (Å²) in [7, 11) is 3.26. The predicted octanol–water partition coefficient (Wildman–Crippen LogP) is 11.4. The van der Waals surface area contributed by atoms with Gasteiger partial charge in [-0.25, -0.2) is 29.9 Å². The van der Waals surface area contributed by atoms with Crippen LogP contribution >= 0.6 is 46.4 Å². The highest BCUT2D eigenvalue weighted by atomic mass is 35.5. The van der Waals surface area contributed by atoms with Gasteiger partial charge in [0, 0.05) is 64.4 Å². The van der Waals surface area contributed by atoms with Crippen LogP contribution in [0.3, 0.4) is 0 Å². The van der Waals surface area contributed by atoms with Crippen molar-refractivity contribution in [1.29, 1.82) is 0 Å². The van der Waals surface area contributed by atoms with E-state index in [4.69, 9.17) is 55.9 Å². The number of rotatable bonds is 10. The Kier molecular flexibility index (Phi) is 12.4. The molecule has 0 aliphatic heterocycles. The van der Waals surface area contributed by atoms with E-state index in [9.17, 15) is 0 Å². The van der Waals surface area contributed by atoms with Gasteiger partial charge in [-0.3, -0.25) is 0 Å². The first-order valence-corrected chi connectivity index (χ1v) is 19.1. The minimum atomic E-state index is 0.437. The molecule has 8 rings (SSSR count). The van der Waals surface area contributed by atoms with Crippen molar-refractivity contribution in [1.82, 2.24) is 39.0 Å². The molecule has 0 radical (unpaired) electrons. The summed E-state index contributed by atoms with van der Waals surface area (Å²) in [6.45, 7) is 3.88. The quantitative estimate of drug-likeness (QED) is 0.137. The van der Waals surface area contributed by atoms with Gasteiger partial charge in [0.05, 0.1) is 76.1 Å². The Bertz CT molecular complexity index is 2720. The van der Waals surface area contributed by atoms with E-state index < -0.39 is 0 Å². The molecule has 0 amide bonds. The molecule has 4 aromatic heterocycles. The Morgan fingerprint density at radius 2 is 1.07 bits per heavy atom. The third kappa shape index (κ3) is 9.50. The number of anilines is 4. The normalized spacial score (nSPS) is 10.8. The molecule has 58 heavy (non-hydrogen) atoms. The third-order valence-electron chi connectivity index (χ3n) is 8.58. The Labute approximate surface area is 354 Å². The molecule has 0 aliphatic carbocycles. The van der Waals surface area contributed by atoms with E-state index in [1.807, 2.05) is 83.9 Å². The fourth-order valence-electron chi connectivity index (χ4n) is 5.80. The van der Waals surface area contributed by atoms with Crippen molar-refractivity contribution in [2.45, 2.75) is 13.8 Å². The largest absolute Gasteiger partial charge is 0.494 e. The Balaban J connectivity index is 0.000000177. The van der Waals surface area contributed by atoms with Crippen LogP contribution < -0.4 is 20.1 Å². The summed E-state index contributed by atoms with van der Waals surface area (Å²) in [4.78, 5) is 26.3. The van der Waals surface area contributed by atoms with E-state index in [1.165, 1.54) is 0 Å². The first-order valence-electron chi connectivity index (χ1n) is 17.6. The molecule has 0 spiro atoms. The lowest BCUT2D eigenvalue weighted by Gasteiger charge is -2.12. The zero-order chi connectivity index (χ0) is 40.8. The lowest BCUT2D eigenvalue weighted by Crippen LogP contribution is -2.00. The van der Waals surface area contributed by atoms with Crippen LogP contribution in [0, 0.1) is 13.8 Å². The number of hydrogen-bond acceptors (Lipinski definition) is 10.